The number of pyridine rings is 1. The normalized spacial score (nSPS) is 19.3. The second-order valence-electron chi connectivity index (χ2n) is 13.1. The van der Waals surface area contributed by atoms with Gasteiger partial charge >= 0.3 is 12.1 Å². The van der Waals surface area contributed by atoms with Gasteiger partial charge in [-0.2, -0.15) is 24.9 Å². The summed E-state index contributed by atoms with van der Waals surface area (Å²) in [6, 6.07) is 9.03. The number of aromatic nitrogens is 4. The highest BCUT2D eigenvalue weighted by atomic mass is 32.2. The first kappa shape index (κ1) is 37.9. The van der Waals surface area contributed by atoms with Gasteiger partial charge in [0.25, 0.3) is 5.91 Å². The van der Waals surface area contributed by atoms with Crippen LogP contribution >= 0.6 is 23.5 Å². The van der Waals surface area contributed by atoms with Crippen LogP contribution in [0, 0.1) is 5.92 Å². The number of hydrogen-bond donors (Lipinski definition) is 2. The summed E-state index contributed by atoms with van der Waals surface area (Å²) in [6.45, 7) is 9.09. The summed E-state index contributed by atoms with van der Waals surface area (Å²) in [5.74, 6) is 1.35. The van der Waals surface area contributed by atoms with Crippen LogP contribution in [0.4, 0.5) is 24.8 Å². The van der Waals surface area contributed by atoms with Crippen molar-refractivity contribution in [2.75, 3.05) is 61.3 Å². The molecule has 0 bridgehead atoms. The van der Waals surface area contributed by atoms with Crippen LogP contribution in [0.25, 0.3) is 0 Å². The first-order chi connectivity index (χ1) is 23.8. The number of benzene rings is 1. The predicted molar refractivity (Wildman–Crippen MR) is 189 cm³/mol. The Labute approximate surface area is 298 Å². The number of thioether (sulfide) groups is 2. The number of carboxylic acid groups (broad SMARTS) is 1. The van der Waals surface area contributed by atoms with Crippen LogP contribution in [0.15, 0.2) is 35.5 Å². The Balaban J connectivity index is 0.000000630. The van der Waals surface area contributed by atoms with Crippen molar-refractivity contribution in [2.24, 2.45) is 13.0 Å². The minimum absolute atomic E-state index is 0.0290. The second-order valence-corrected chi connectivity index (χ2v) is 14.9. The molecule has 1 aromatic carbocycles. The highest BCUT2D eigenvalue weighted by Crippen LogP contribution is 2.41. The Kier molecular flexibility index (Phi) is 12.1. The number of carbonyl (C=O) groups excluding carboxylic acids is 1. The number of likely N-dealkylation sites (tertiary alicyclic amines) is 1. The third-order valence-electron chi connectivity index (χ3n) is 9.44. The number of anilines is 2. The van der Waals surface area contributed by atoms with Crippen molar-refractivity contribution in [1.82, 2.24) is 24.6 Å². The van der Waals surface area contributed by atoms with E-state index in [4.69, 9.17) is 19.6 Å². The van der Waals surface area contributed by atoms with Gasteiger partial charge in [0.2, 0.25) is 0 Å². The summed E-state index contributed by atoms with van der Waals surface area (Å²) in [5, 5.41) is 19.0. The Morgan fingerprint density at radius 1 is 1.22 bits per heavy atom. The molecule has 5 heterocycles. The summed E-state index contributed by atoms with van der Waals surface area (Å²) in [7, 11) is 1.97. The molecule has 1 amide bonds. The molecular weight excluding hydrogens is 692 g/mol. The molecule has 3 aliphatic heterocycles. The number of piperidine rings is 1. The minimum Gasteiger partial charge on any atom is -0.475 e. The fourth-order valence-electron chi connectivity index (χ4n) is 6.76. The van der Waals surface area contributed by atoms with Gasteiger partial charge < -0.3 is 19.7 Å². The Morgan fingerprint density at radius 2 is 1.96 bits per heavy atom. The van der Waals surface area contributed by atoms with Gasteiger partial charge in [0, 0.05) is 54.2 Å². The summed E-state index contributed by atoms with van der Waals surface area (Å²) in [4.78, 5) is 33.8. The van der Waals surface area contributed by atoms with E-state index in [1.54, 1.807) is 18.1 Å². The van der Waals surface area contributed by atoms with Crippen molar-refractivity contribution in [3.05, 3.63) is 58.7 Å². The fourth-order valence-corrected chi connectivity index (χ4v) is 8.15. The maximum absolute atomic E-state index is 14.2. The van der Waals surface area contributed by atoms with Gasteiger partial charge in [0.15, 0.2) is 0 Å². The number of nitrogens with one attached hydrogen (secondary N) is 1. The van der Waals surface area contributed by atoms with Crippen LogP contribution < -0.4 is 10.2 Å². The van der Waals surface area contributed by atoms with Crippen molar-refractivity contribution >= 4 is 47.0 Å². The number of ether oxygens (including phenoxy) is 1. The van der Waals surface area contributed by atoms with Crippen LogP contribution in [0.3, 0.4) is 0 Å². The third kappa shape index (κ3) is 8.24. The number of carboxylic acids is 1. The molecule has 16 heteroatoms. The van der Waals surface area contributed by atoms with E-state index < -0.39 is 12.1 Å². The lowest BCUT2D eigenvalue weighted by molar-refractivity contribution is -0.192. The highest BCUT2D eigenvalue weighted by molar-refractivity contribution is 7.98. The average Bonchev–Trinajstić information content (AvgIpc) is 3.62. The van der Waals surface area contributed by atoms with Crippen molar-refractivity contribution in [3.63, 3.8) is 0 Å². The summed E-state index contributed by atoms with van der Waals surface area (Å²) in [5.41, 5.74) is 4.04. The summed E-state index contributed by atoms with van der Waals surface area (Å²) < 4.78 is 39.5. The van der Waals surface area contributed by atoms with Gasteiger partial charge in [-0.25, -0.2) is 9.78 Å². The molecule has 6 rings (SSSR count). The topological polar surface area (TPSA) is 126 Å². The summed E-state index contributed by atoms with van der Waals surface area (Å²) >= 11 is 3.62. The lowest BCUT2D eigenvalue weighted by Crippen LogP contribution is -2.49. The smallest absolute Gasteiger partial charge is 0.475 e. The highest BCUT2D eigenvalue weighted by Gasteiger charge is 2.43. The largest absolute Gasteiger partial charge is 0.490 e. The van der Waals surface area contributed by atoms with E-state index in [2.05, 4.69) is 71.0 Å². The zero-order valence-electron chi connectivity index (χ0n) is 28.9. The second kappa shape index (κ2) is 15.9. The molecular formula is C34H44F3N7O4S2. The Hall–Kier alpha value is -3.34. The quantitative estimate of drug-likeness (QED) is 0.232. The van der Waals surface area contributed by atoms with E-state index in [0.29, 0.717) is 44.0 Å². The molecule has 3 aromatic rings. The molecule has 0 radical (unpaired) electrons. The lowest BCUT2D eigenvalue weighted by atomic mass is 9.75. The van der Waals surface area contributed by atoms with Gasteiger partial charge in [-0.1, -0.05) is 6.92 Å². The van der Waals surface area contributed by atoms with E-state index in [1.807, 2.05) is 28.3 Å². The summed E-state index contributed by atoms with van der Waals surface area (Å²) in [6.07, 6.45) is 4.19. The van der Waals surface area contributed by atoms with Crippen molar-refractivity contribution < 1.29 is 32.6 Å². The van der Waals surface area contributed by atoms with E-state index in [0.717, 1.165) is 53.7 Å². The van der Waals surface area contributed by atoms with Crippen molar-refractivity contribution in [1.29, 1.82) is 0 Å². The molecule has 1 unspecified atom stereocenters. The van der Waals surface area contributed by atoms with Crippen LogP contribution in [-0.4, -0.2) is 98.9 Å². The number of aryl methyl sites for hydroxylation is 1. The van der Waals surface area contributed by atoms with Gasteiger partial charge in [0.05, 0.1) is 19.8 Å². The van der Waals surface area contributed by atoms with Crippen LogP contribution in [0.1, 0.15) is 65.6 Å². The van der Waals surface area contributed by atoms with Crippen LogP contribution in [0.2, 0.25) is 0 Å². The maximum Gasteiger partial charge on any atom is 0.490 e. The molecule has 3 aliphatic rings. The molecule has 2 N–H and O–H groups in total. The fraction of sp³-hybridized carbons (Fsp3) is 0.559. The molecule has 0 saturated carbocycles. The minimum atomic E-state index is -5.08. The van der Waals surface area contributed by atoms with Gasteiger partial charge in [-0.3, -0.25) is 14.6 Å². The first-order valence-electron chi connectivity index (χ1n) is 16.5. The standard InChI is InChI=1S/C32H43N7O2S2.C2HF3O2/c1-6-33-28-12-23(32(18-41-19-32)14-30-36-34-20-37(30)3)13-29(35-28)39-16-25-24(31(39)40)10-22(11-27(25)43-5)26(17-42-4)38-9-7-8-21(2)15-38;3-2(4,5)1(6)7/h10-13,20-21,26H,6-9,14-19H2,1-5H3,(H,33,35);(H,6,7)/t21-,26?;/m0./s1. The van der Waals surface area contributed by atoms with E-state index in [9.17, 15) is 18.0 Å². The van der Waals surface area contributed by atoms with Crippen molar-refractivity contribution in [3.8, 4) is 0 Å². The van der Waals surface area contributed by atoms with Crippen LogP contribution in [-0.2, 0) is 35.0 Å². The number of rotatable bonds is 11. The Morgan fingerprint density at radius 3 is 2.52 bits per heavy atom. The monoisotopic (exact) mass is 735 g/mol. The number of alkyl halides is 3. The number of carbonyl (C=O) groups is 2. The number of nitrogens with zero attached hydrogens (tertiary/aromatic N) is 6. The van der Waals surface area contributed by atoms with E-state index in [-0.39, 0.29) is 11.3 Å². The number of aliphatic carboxylic acids is 1. The molecule has 2 saturated heterocycles. The predicted octanol–water partition coefficient (Wildman–Crippen LogP) is 5.80. The molecule has 2 atom stereocenters. The number of amides is 1. The Bertz CT molecular complexity index is 1680. The zero-order chi connectivity index (χ0) is 36.2. The van der Waals surface area contributed by atoms with Crippen molar-refractivity contribution in [2.45, 2.75) is 62.2 Å². The molecule has 11 nitrogen and oxygen atoms in total. The van der Waals surface area contributed by atoms with E-state index in [1.165, 1.54) is 23.3 Å². The van der Waals surface area contributed by atoms with Crippen LogP contribution in [0.5, 0.6) is 0 Å². The number of hydrogen-bond acceptors (Lipinski definition) is 10. The van der Waals surface area contributed by atoms with Gasteiger partial charge in [-0.05, 0) is 85.7 Å². The number of fused-ring (bicyclic) bond motifs is 1. The molecule has 2 fully saturated rings. The van der Waals surface area contributed by atoms with Gasteiger partial charge in [-0.15, -0.1) is 22.0 Å². The SMILES string of the molecule is CCNc1cc(C2(Cc3nncn3C)COC2)cc(N2Cc3c(SC)cc(C(CSC)N4CCC[C@H](C)C4)cc3C2=O)n1.O=C(O)C(F)(F)F. The third-order valence-corrected chi connectivity index (χ3v) is 10.9. The first-order valence-corrected chi connectivity index (χ1v) is 19.1. The molecule has 0 aliphatic carbocycles. The molecule has 50 heavy (non-hydrogen) atoms. The maximum atomic E-state index is 14.2. The zero-order valence-corrected chi connectivity index (χ0v) is 30.6. The molecule has 2 aromatic heterocycles. The lowest BCUT2D eigenvalue weighted by Gasteiger charge is -2.42. The van der Waals surface area contributed by atoms with E-state index >= 15 is 0 Å². The number of halogens is 3. The average molecular weight is 736 g/mol. The van der Waals surface area contributed by atoms with Gasteiger partial charge in [0.1, 0.15) is 23.8 Å². The molecule has 0 spiro atoms. The molecule has 272 valence electrons.